The molecule has 0 spiro atoms. The van der Waals surface area contributed by atoms with Crippen molar-refractivity contribution in [2.24, 2.45) is 0 Å². The molecule has 25 valence electrons. The molecule has 0 saturated heterocycles. The van der Waals surface area contributed by atoms with Crippen LogP contribution in [0.25, 0.3) is 0 Å². The molecule has 0 unspecified atom stereocenters. The molecule has 0 aromatic carbocycles. The quantitative estimate of drug-likeness (QED) is 0.453. The van der Waals surface area contributed by atoms with E-state index in [0.29, 0.717) is 0 Å². The summed E-state index contributed by atoms with van der Waals surface area (Å²) >= 11 is 0. The molecule has 0 atom stereocenters. The Morgan fingerprint density at radius 3 is 1.25 bits per heavy atom. The molecule has 0 aliphatic heterocycles. The molecule has 0 rings (SSSR count). The second-order valence-electron chi connectivity index (χ2n) is 0.0816. The van der Waals surface area contributed by atoms with Crippen LogP contribution in [0.5, 0.6) is 0 Å². The van der Waals surface area contributed by atoms with Gasteiger partial charge < -0.3 is 0 Å². The van der Waals surface area contributed by atoms with Gasteiger partial charge in [0.2, 0.25) is 0 Å². The predicted molar refractivity (Wildman–Crippen MR) is 6.34 cm³/mol. The monoisotopic (exact) mass is 231 g/mol. The van der Waals surface area contributed by atoms with E-state index in [1.165, 1.54) is 0 Å². The van der Waals surface area contributed by atoms with E-state index in [-0.39, 0.29) is 22.4 Å². The smallest absolute Gasteiger partial charge is 0 e. The van der Waals surface area contributed by atoms with Crippen LogP contribution in [0.3, 0.4) is 0 Å². The largest absolute Gasteiger partial charge is 0.221 e. The van der Waals surface area contributed by atoms with E-state index >= 15 is 0 Å². The molecule has 3 nitrogen and oxygen atoms in total. The number of hydrogen-bond donors (Lipinski definition) is 2. The first-order chi connectivity index (χ1) is 1.41. The molecule has 0 aliphatic carbocycles. The molecule has 0 heterocycles. The van der Waals surface area contributed by atoms with Crippen molar-refractivity contribution in [3.63, 3.8) is 0 Å². The molecule has 0 amide bonds. The summed E-state index contributed by atoms with van der Waals surface area (Å²) in [7, 11) is 0. The molecule has 0 saturated carbocycles. The zero-order chi connectivity index (χ0) is 2.71. The van der Waals surface area contributed by atoms with Crippen LogP contribution in [0.4, 0.5) is 0 Å². The third-order valence-corrected chi connectivity index (χ3v) is 0. The second kappa shape index (κ2) is 9.47. The van der Waals surface area contributed by atoms with Crippen molar-refractivity contribution in [2.45, 2.75) is 0 Å². The second-order valence-corrected chi connectivity index (χ2v) is 0.0816. The van der Waals surface area contributed by atoms with Crippen molar-refractivity contribution in [1.82, 2.24) is 0 Å². The van der Waals surface area contributed by atoms with Crippen LogP contribution in [-0.2, 0) is 27.4 Å². The van der Waals surface area contributed by atoms with Crippen LogP contribution in [-0.4, -0.2) is 10.5 Å². The third-order valence-electron chi connectivity index (χ3n) is 0. The molecule has 0 aromatic heterocycles. The van der Waals surface area contributed by atoms with Crippen molar-refractivity contribution in [2.75, 3.05) is 0 Å². The van der Waals surface area contributed by atoms with E-state index in [1.54, 1.807) is 0 Å². The van der Waals surface area contributed by atoms with E-state index in [2.05, 4.69) is 5.04 Å². The zero-order valence-electron chi connectivity index (χ0n) is 1.75. The predicted octanol–water partition coefficient (Wildman–Crippen LogP) is -0.0535. The number of rotatable bonds is 0. The fourth-order valence-corrected chi connectivity index (χ4v) is 0. The molecule has 2 N–H and O–H groups in total. The molecule has 0 fully saturated rings. The summed E-state index contributed by atoms with van der Waals surface area (Å²) in [6.07, 6.45) is 0. The Bertz CT molecular complexity index is 3.25. The Labute approximate surface area is 38.6 Å². The van der Waals surface area contributed by atoms with Gasteiger partial charge in [0.1, 0.15) is 0 Å². The summed E-state index contributed by atoms with van der Waals surface area (Å²) in [5.74, 6) is 0. The van der Waals surface area contributed by atoms with E-state index in [0.717, 1.165) is 0 Å². The van der Waals surface area contributed by atoms with Gasteiger partial charge in [0.05, 0.1) is 0 Å². The molecular weight excluding hydrogens is 229 g/mol. The Morgan fingerprint density at radius 1 is 1.25 bits per heavy atom. The molecule has 0 bridgehead atoms. The molecule has 4 heteroatoms. The fourth-order valence-electron chi connectivity index (χ4n) is 0. The molecule has 0 aromatic rings. The molecular formula is H2O3Ta. The van der Waals surface area contributed by atoms with Gasteiger partial charge in [0.15, 0.2) is 0 Å². The SMILES string of the molecule is OOO.[Ta]. The normalized spacial score (nSPS) is 4.50. The zero-order valence-corrected chi connectivity index (χ0v) is 4.96. The van der Waals surface area contributed by atoms with Gasteiger partial charge in [-0.3, -0.25) is 0 Å². The van der Waals surface area contributed by atoms with Crippen molar-refractivity contribution in [3.05, 3.63) is 0 Å². The first-order valence-electron chi connectivity index (χ1n) is 0.365. The van der Waals surface area contributed by atoms with E-state index in [9.17, 15) is 0 Å². The maximum atomic E-state index is 6.62. The van der Waals surface area contributed by atoms with Crippen LogP contribution in [0.2, 0.25) is 0 Å². The Morgan fingerprint density at radius 2 is 1.25 bits per heavy atom. The Hall–Kier alpha value is 0.620. The van der Waals surface area contributed by atoms with Crippen LogP contribution >= 0.6 is 0 Å². The van der Waals surface area contributed by atoms with Gasteiger partial charge in [-0.05, 0) is 0 Å². The topological polar surface area (TPSA) is 49.7 Å². The summed E-state index contributed by atoms with van der Waals surface area (Å²) in [6.45, 7) is 0. The van der Waals surface area contributed by atoms with Crippen molar-refractivity contribution in [3.8, 4) is 0 Å². The number of hydrogen-bond acceptors (Lipinski definition) is 3. The van der Waals surface area contributed by atoms with Gasteiger partial charge in [-0.15, -0.1) is 0 Å². The van der Waals surface area contributed by atoms with E-state index in [4.69, 9.17) is 10.5 Å². The van der Waals surface area contributed by atoms with Crippen LogP contribution in [0.15, 0.2) is 0 Å². The fraction of sp³-hybridized carbons (Fsp3) is 0. The Balaban J connectivity index is 0. The van der Waals surface area contributed by atoms with Crippen molar-refractivity contribution < 1.29 is 37.9 Å². The van der Waals surface area contributed by atoms with Gasteiger partial charge in [0.25, 0.3) is 0 Å². The van der Waals surface area contributed by atoms with E-state index < -0.39 is 0 Å². The summed E-state index contributed by atoms with van der Waals surface area (Å²) in [4.78, 5) is 0. The standard InChI is InChI=1S/H2O3.Ta/c1-3-2;/h1-2H;. The van der Waals surface area contributed by atoms with Crippen LogP contribution in [0.1, 0.15) is 0 Å². The minimum absolute atomic E-state index is 0. The summed E-state index contributed by atoms with van der Waals surface area (Å²) < 4.78 is 0. The van der Waals surface area contributed by atoms with Crippen molar-refractivity contribution >= 4 is 0 Å². The van der Waals surface area contributed by atoms with Crippen LogP contribution < -0.4 is 0 Å². The summed E-state index contributed by atoms with van der Waals surface area (Å²) in [6, 6.07) is 0. The van der Waals surface area contributed by atoms with Gasteiger partial charge in [-0.2, -0.15) is 0 Å². The summed E-state index contributed by atoms with van der Waals surface area (Å²) in [5.41, 5.74) is 0. The molecule has 4 heavy (non-hydrogen) atoms. The minimum atomic E-state index is 0. The van der Waals surface area contributed by atoms with E-state index in [1.807, 2.05) is 0 Å². The maximum Gasteiger partial charge on any atom is 0 e. The average Bonchev–Trinajstić information content (AvgIpc) is 0.918. The van der Waals surface area contributed by atoms with Crippen LogP contribution in [0, 0.1) is 0 Å². The Kier molecular flexibility index (Phi) is 20.9. The first kappa shape index (κ1) is 8.82. The third kappa shape index (κ3) is 17.9. The maximum absolute atomic E-state index is 6.62. The molecule has 1 radical (unpaired) electrons. The van der Waals surface area contributed by atoms with Gasteiger partial charge in [0, 0.05) is 22.4 Å². The summed E-state index contributed by atoms with van der Waals surface area (Å²) in [5, 5.41) is 15.5. The van der Waals surface area contributed by atoms with Gasteiger partial charge in [-0.25, -0.2) is 10.5 Å². The average molecular weight is 231 g/mol. The van der Waals surface area contributed by atoms with Gasteiger partial charge >= 0.3 is 0 Å². The first-order valence-corrected chi connectivity index (χ1v) is 0.365. The van der Waals surface area contributed by atoms with Crippen molar-refractivity contribution in [1.29, 1.82) is 0 Å². The molecule has 0 aliphatic rings. The minimum Gasteiger partial charge on any atom is -0.221 e. The van der Waals surface area contributed by atoms with Gasteiger partial charge in [-0.1, -0.05) is 5.04 Å².